The molecule has 11 heteroatoms. The first-order valence-electron chi connectivity index (χ1n) is 13.9. The number of carbonyl (C=O) groups excluding carboxylic acids is 3. The predicted octanol–water partition coefficient (Wildman–Crippen LogP) is 4.06. The van der Waals surface area contributed by atoms with Crippen LogP contribution >= 0.6 is 0 Å². The van der Waals surface area contributed by atoms with Crippen LogP contribution in [0.15, 0.2) is 48.5 Å². The number of nitrogens with zero attached hydrogens (tertiary/aromatic N) is 3. The van der Waals surface area contributed by atoms with Crippen LogP contribution in [0.25, 0.3) is 21.9 Å². The van der Waals surface area contributed by atoms with Crippen molar-refractivity contribution in [3.8, 4) is 0 Å². The third kappa shape index (κ3) is 7.29. The summed E-state index contributed by atoms with van der Waals surface area (Å²) < 4.78 is 18.9. The summed E-state index contributed by atoms with van der Waals surface area (Å²) in [6, 6.07) is 14.2. The van der Waals surface area contributed by atoms with E-state index in [0.717, 1.165) is 16.4 Å². The van der Waals surface area contributed by atoms with Gasteiger partial charge < -0.3 is 29.8 Å². The molecule has 4 rings (SSSR count). The first-order valence-corrected chi connectivity index (χ1v) is 13.9. The van der Waals surface area contributed by atoms with Gasteiger partial charge in [0, 0.05) is 43.2 Å². The lowest BCUT2D eigenvalue weighted by atomic mass is 10.0. The zero-order valence-electron chi connectivity index (χ0n) is 24.4. The normalized spacial score (nSPS) is 11.6. The molecule has 2 aromatic heterocycles. The highest BCUT2D eigenvalue weighted by molar-refractivity contribution is 6.06. The molecule has 2 heterocycles. The summed E-state index contributed by atoms with van der Waals surface area (Å²) in [7, 11) is 1.55. The molecule has 0 radical (unpaired) electrons. The van der Waals surface area contributed by atoms with E-state index < -0.39 is 11.6 Å². The molecule has 4 aromatic rings. The number of Topliss-reactive ketones (excluding diaryl/α,β-unsaturated/α-hetero) is 1. The van der Waals surface area contributed by atoms with E-state index in [-0.39, 0.29) is 37.9 Å². The fourth-order valence-electron chi connectivity index (χ4n) is 4.72. The molecule has 2 aromatic carbocycles. The minimum absolute atomic E-state index is 0.0652. The number of imidazole rings is 1. The third-order valence-corrected chi connectivity index (χ3v) is 6.66. The van der Waals surface area contributed by atoms with Crippen LogP contribution in [0.3, 0.4) is 0 Å². The zero-order valence-corrected chi connectivity index (χ0v) is 24.4. The molecule has 0 spiro atoms. The molecule has 222 valence electrons. The van der Waals surface area contributed by atoms with Crippen LogP contribution < -0.4 is 11.1 Å². The van der Waals surface area contributed by atoms with E-state index in [2.05, 4.69) is 10.3 Å². The maximum atomic E-state index is 12.7. The molecule has 0 saturated heterocycles. The first-order chi connectivity index (χ1) is 20.1. The SMILES string of the molecule is CCOCc1nc2c(N)nc3ccccc3c2n1CC(C)(C)OC(=O)COCCCC(=O)c1ccc(C(=O)NC)cc1. The number of rotatable bonds is 14. The Hall–Kier alpha value is -4.35. The van der Waals surface area contributed by atoms with E-state index in [1.54, 1.807) is 31.3 Å². The number of ether oxygens (including phenoxy) is 3. The minimum atomic E-state index is -0.912. The highest BCUT2D eigenvalue weighted by atomic mass is 16.6. The summed E-state index contributed by atoms with van der Waals surface area (Å²) in [6.45, 7) is 6.62. The van der Waals surface area contributed by atoms with Gasteiger partial charge >= 0.3 is 5.97 Å². The molecule has 0 saturated carbocycles. The maximum absolute atomic E-state index is 12.7. The number of carbonyl (C=O) groups is 3. The van der Waals surface area contributed by atoms with Crippen LogP contribution in [-0.2, 0) is 32.2 Å². The highest BCUT2D eigenvalue weighted by Gasteiger charge is 2.28. The molecule has 11 nitrogen and oxygen atoms in total. The topological polar surface area (TPSA) is 148 Å². The number of benzene rings is 2. The van der Waals surface area contributed by atoms with Crippen molar-refractivity contribution < 1.29 is 28.6 Å². The first kappa shape index (κ1) is 30.6. The molecule has 0 bridgehead atoms. The van der Waals surface area contributed by atoms with Gasteiger partial charge in [-0.2, -0.15) is 0 Å². The number of amides is 1. The molecule has 0 aliphatic rings. The van der Waals surface area contributed by atoms with E-state index in [9.17, 15) is 14.4 Å². The molecule has 0 unspecified atom stereocenters. The quantitative estimate of drug-likeness (QED) is 0.129. The minimum Gasteiger partial charge on any atom is -0.456 e. The van der Waals surface area contributed by atoms with Gasteiger partial charge in [-0.05, 0) is 45.4 Å². The number of hydrogen-bond donors (Lipinski definition) is 2. The average molecular weight is 576 g/mol. The van der Waals surface area contributed by atoms with E-state index >= 15 is 0 Å². The number of ketones is 1. The van der Waals surface area contributed by atoms with Crippen LogP contribution in [-0.4, -0.2) is 64.7 Å². The number of hydrogen-bond acceptors (Lipinski definition) is 9. The van der Waals surface area contributed by atoms with Crippen LogP contribution in [0.4, 0.5) is 5.82 Å². The Balaban J connectivity index is 1.34. The van der Waals surface area contributed by atoms with Crippen molar-refractivity contribution in [3.63, 3.8) is 0 Å². The summed E-state index contributed by atoms with van der Waals surface area (Å²) in [5.74, 6) is 0.188. The van der Waals surface area contributed by atoms with Gasteiger partial charge in [0.2, 0.25) is 0 Å². The molecular formula is C31H37N5O6. The number of nitrogens with two attached hydrogens (primary N) is 1. The van der Waals surface area contributed by atoms with Crippen LogP contribution in [0, 0.1) is 0 Å². The van der Waals surface area contributed by atoms with Crippen molar-refractivity contribution in [2.45, 2.75) is 52.4 Å². The van der Waals surface area contributed by atoms with E-state index in [0.29, 0.717) is 47.9 Å². The van der Waals surface area contributed by atoms with E-state index in [4.69, 9.17) is 24.9 Å². The van der Waals surface area contributed by atoms with Gasteiger partial charge in [-0.1, -0.05) is 30.3 Å². The lowest BCUT2D eigenvalue weighted by Crippen LogP contribution is -2.35. The van der Waals surface area contributed by atoms with E-state index in [1.165, 1.54) is 0 Å². The van der Waals surface area contributed by atoms with Crippen molar-refractivity contribution >= 4 is 45.4 Å². The second kappa shape index (κ2) is 13.5. The zero-order chi connectivity index (χ0) is 30.3. The van der Waals surface area contributed by atoms with Gasteiger partial charge in [-0.15, -0.1) is 0 Å². The van der Waals surface area contributed by atoms with Gasteiger partial charge in [-0.3, -0.25) is 9.59 Å². The second-order valence-corrected chi connectivity index (χ2v) is 10.4. The third-order valence-electron chi connectivity index (χ3n) is 6.66. The molecule has 3 N–H and O–H groups in total. The number of aromatic nitrogens is 3. The Morgan fingerprint density at radius 3 is 2.43 bits per heavy atom. The number of fused-ring (bicyclic) bond motifs is 3. The van der Waals surface area contributed by atoms with Crippen LogP contribution in [0.1, 0.15) is 60.2 Å². The summed E-state index contributed by atoms with van der Waals surface area (Å²) in [5.41, 5.74) is 8.48. The van der Waals surface area contributed by atoms with Crippen molar-refractivity contribution in [2.24, 2.45) is 0 Å². The van der Waals surface area contributed by atoms with Crippen LogP contribution in [0.2, 0.25) is 0 Å². The smallest absolute Gasteiger partial charge is 0.332 e. The number of nitrogens with one attached hydrogen (secondary N) is 1. The van der Waals surface area contributed by atoms with Crippen molar-refractivity contribution in [2.75, 3.05) is 32.6 Å². The lowest BCUT2D eigenvalue weighted by molar-refractivity contribution is -0.163. The fraction of sp³-hybridized carbons (Fsp3) is 0.387. The Morgan fingerprint density at radius 1 is 1.00 bits per heavy atom. The standard InChI is InChI=1S/C31H37N5O6/c1-5-40-17-25-35-27-28(22-9-6-7-10-23(22)34-29(27)32)36(25)19-31(2,3)42-26(38)18-41-16-8-11-24(37)20-12-14-21(15-13-20)30(39)33-4/h6-7,9-10,12-15H,5,8,11,16-19H2,1-4H3,(H2,32,34)(H,33,39). The largest absolute Gasteiger partial charge is 0.456 e. The number of pyridine rings is 1. The van der Waals surface area contributed by atoms with Gasteiger partial charge in [0.15, 0.2) is 11.6 Å². The van der Waals surface area contributed by atoms with Crippen molar-refractivity contribution in [3.05, 3.63) is 65.5 Å². The Bertz CT molecular complexity index is 1580. The average Bonchev–Trinajstić information content (AvgIpc) is 3.33. The Kier molecular flexibility index (Phi) is 9.87. The number of nitrogen functional groups attached to an aromatic ring is 1. The van der Waals surface area contributed by atoms with Gasteiger partial charge in [-0.25, -0.2) is 14.8 Å². The molecule has 0 fully saturated rings. The molecule has 1 amide bonds. The van der Waals surface area contributed by atoms with Crippen molar-refractivity contribution in [1.29, 1.82) is 0 Å². The number of anilines is 1. The molecule has 42 heavy (non-hydrogen) atoms. The Labute approximate surface area is 244 Å². The number of esters is 1. The molecular weight excluding hydrogens is 538 g/mol. The highest BCUT2D eigenvalue weighted by Crippen LogP contribution is 2.30. The Morgan fingerprint density at radius 2 is 1.71 bits per heavy atom. The molecule has 0 aliphatic heterocycles. The summed E-state index contributed by atoms with van der Waals surface area (Å²) >= 11 is 0. The van der Waals surface area contributed by atoms with Gasteiger partial charge in [0.1, 0.15) is 30.2 Å². The van der Waals surface area contributed by atoms with Crippen LogP contribution in [0.5, 0.6) is 0 Å². The fourth-order valence-corrected chi connectivity index (χ4v) is 4.72. The lowest BCUT2D eigenvalue weighted by Gasteiger charge is -2.27. The monoisotopic (exact) mass is 575 g/mol. The van der Waals surface area contributed by atoms with Gasteiger partial charge in [0.05, 0.1) is 17.6 Å². The van der Waals surface area contributed by atoms with Crippen molar-refractivity contribution in [1.82, 2.24) is 19.9 Å². The molecule has 0 atom stereocenters. The van der Waals surface area contributed by atoms with E-state index in [1.807, 2.05) is 49.6 Å². The molecule has 0 aliphatic carbocycles. The summed E-state index contributed by atoms with van der Waals surface area (Å²) in [4.78, 5) is 46.0. The maximum Gasteiger partial charge on any atom is 0.332 e. The van der Waals surface area contributed by atoms with Gasteiger partial charge in [0.25, 0.3) is 5.91 Å². The predicted molar refractivity (Wildman–Crippen MR) is 159 cm³/mol. The number of para-hydroxylation sites is 1. The second-order valence-electron chi connectivity index (χ2n) is 10.4. The summed E-state index contributed by atoms with van der Waals surface area (Å²) in [6.07, 6.45) is 0.694. The summed E-state index contributed by atoms with van der Waals surface area (Å²) in [5, 5.41) is 3.43.